The minimum absolute atomic E-state index is 0.0335. The number of fused-ring (bicyclic) bond motifs is 1. The number of aromatic nitrogens is 1. The molecule has 134 valence electrons. The molecule has 0 bridgehead atoms. The molecule has 4 aromatic rings. The molecule has 0 aliphatic carbocycles. The summed E-state index contributed by atoms with van der Waals surface area (Å²) < 4.78 is 0. The number of rotatable bonds is 5. The molecular weight excluding hydrogens is 332 g/mol. The molecule has 2 N–H and O–H groups in total. The Morgan fingerprint density at radius 3 is 2.44 bits per heavy atom. The zero-order valence-corrected chi connectivity index (χ0v) is 15.3. The maximum atomic E-state index is 12.7. The van der Waals surface area contributed by atoms with Gasteiger partial charge in [0.2, 0.25) is 0 Å². The monoisotopic (exact) mass is 354 g/mol. The van der Waals surface area contributed by atoms with Crippen LogP contribution >= 0.6 is 0 Å². The van der Waals surface area contributed by atoms with E-state index in [0.717, 1.165) is 16.6 Å². The Kier molecular flexibility index (Phi) is 4.75. The third kappa shape index (κ3) is 3.49. The zero-order chi connectivity index (χ0) is 18.6. The molecule has 0 aliphatic heterocycles. The first-order valence-corrected chi connectivity index (χ1v) is 9.19. The summed E-state index contributed by atoms with van der Waals surface area (Å²) in [6, 6.07) is 26.3. The molecule has 0 spiro atoms. The fraction of sp³-hybridized carbons (Fsp3) is 0.125. The maximum Gasteiger partial charge on any atom is 0.251 e. The lowest BCUT2D eigenvalue weighted by Gasteiger charge is -2.18. The summed E-state index contributed by atoms with van der Waals surface area (Å²) in [5.74, 6) is 0.0455. The van der Waals surface area contributed by atoms with Crippen molar-refractivity contribution in [2.75, 3.05) is 6.54 Å². The van der Waals surface area contributed by atoms with Gasteiger partial charge in [-0.25, -0.2) is 0 Å². The highest BCUT2D eigenvalue weighted by atomic mass is 16.1. The van der Waals surface area contributed by atoms with Gasteiger partial charge in [0.1, 0.15) is 0 Å². The quantitative estimate of drug-likeness (QED) is 0.518. The number of aryl methyl sites for hydroxylation is 1. The zero-order valence-electron chi connectivity index (χ0n) is 15.3. The van der Waals surface area contributed by atoms with Crippen molar-refractivity contribution in [3.8, 4) is 0 Å². The van der Waals surface area contributed by atoms with E-state index < -0.39 is 0 Å². The summed E-state index contributed by atoms with van der Waals surface area (Å²) in [4.78, 5) is 16.1. The molecule has 27 heavy (non-hydrogen) atoms. The molecule has 3 aromatic carbocycles. The van der Waals surface area contributed by atoms with E-state index >= 15 is 0 Å². The Morgan fingerprint density at radius 1 is 0.926 bits per heavy atom. The van der Waals surface area contributed by atoms with E-state index in [0.29, 0.717) is 6.54 Å². The Labute approximate surface area is 159 Å². The van der Waals surface area contributed by atoms with Gasteiger partial charge in [-0.05, 0) is 35.7 Å². The van der Waals surface area contributed by atoms with E-state index in [2.05, 4.69) is 40.8 Å². The molecule has 0 fully saturated rings. The largest absolute Gasteiger partial charge is 0.361 e. The lowest BCUT2D eigenvalue weighted by Crippen LogP contribution is -2.29. The standard InChI is InChI=1S/C24H22N2O/c1-17-9-5-6-12-19(17)24(27)26-15-21(18-10-3-2-4-11-18)22-16-25-23-14-8-7-13-20(22)23/h2-14,16,21,25H,15H2,1H3,(H,26,27). The SMILES string of the molecule is Cc1ccccc1C(=O)NCC(c1ccccc1)c1c[nH]c2ccccc12. The fourth-order valence-electron chi connectivity index (χ4n) is 3.59. The molecule has 1 heterocycles. The number of hydrogen-bond donors (Lipinski definition) is 2. The molecule has 3 heteroatoms. The molecule has 4 rings (SSSR count). The number of aromatic amines is 1. The highest BCUT2D eigenvalue weighted by molar-refractivity contribution is 5.95. The highest BCUT2D eigenvalue weighted by Gasteiger charge is 2.19. The molecule has 3 nitrogen and oxygen atoms in total. The van der Waals surface area contributed by atoms with Gasteiger partial charge in [0, 0.05) is 35.1 Å². The van der Waals surface area contributed by atoms with Crippen LogP contribution in [0.25, 0.3) is 10.9 Å². The van der Waals surface area contributed by atoms with Crippen LogP contribution in [0.1, 0.15) is 33.0 Å². The summed E-state index contributed by atoms with van der Waals surface area (Å²) in [5.41, 5.74) is 5.20. The minimum atomic E-state index is -0.0335. The van der Waals surface area contributed by atoms with Crippen molar-refractivity contribution >= 4 is 16.8 Å². The molecule has 0 saturated heterocycles. The van der Waals surface area contributed by atoms with Crippen LogP contribution in [0.5, 0.6) is 0 Å². The molecule has 1 atom stereocenters. The second kappa shape index (κ2) is 7.50. The minimum Gasteiger partial charge on any atom is -0.361 e. The fourth-order valence-corrected chi connectivity index (χ4v) is 3.59. The molecule has 1 aromatic heterocycles. The summed E-state index contributed by atoms with van der Waals surface area (Å²) in [6.45, 7) is 2.50. The highest BCUT2D eigenvalue weighted by Crippen LogP contribution is 2.30. The number of nitrogens with one attached hydrogen (secondary N) is 2. The van der Waals surface area contributed by atoms with Gasteiger partial charge < -0.3 is 10.3 Å². The van der Waals surface area contributed by atoms with Crippen LogP contribution in [0.3, 0.4) is 0 Å². The van der Waals surface area contributed by atoms with Gasteiger partial charge in [0.15, 0.2) is 0 Å². The van der Waals surface area contributed by atoms with Crippen LogP contribution in [0.2, 0.25) is 0 Å². The van der Waals surface area contributed by atoms with Crippen LogP contribution in [-0.4, -0.2) is 17.4 Å². The number of H-pyrrole nitrogens is 1. The lowest BCUT2D eigenvalue weighted by atomic mass is 9.91. The lowest BCUT2D eigenvalue weighted by molar-refractivity contribution is 0.0952. The van der Waals surface area contributed by atoms with Crippen LogP contribution in [0.4, 0.5) is 0 Å². The van der Waals surface area contributed by atoms with Crippen molar-refractivity contribution in [1.29, 1.82) is 0 Å². The van der Waals surface area contributed by atoms with Crippen molar-refractivity contribution in [2.45, 2.75) is 12.8 Å². The van der Waals surface area contributed by atoms with Crippen LogP contribution in [0.15, 0.2) is 85.1 Å². The maximum absolute atomic E-state index is 12.7. The molecular formula is C24H22N2O. The van der Waals surface area contributed by atoms with Crippen molar-refractivity contribution in [3.05, 3.63) is 107 Å². The van der Waals surface area contributed by atoms with Gasteiger partial charge in [-0.1, -0.05) is 66.7 Å². The van der Waals surface area contributed by atoms with E-state index in [4.69, 9.17) is 0 Å². The Bertz CT molecular complexity index is 1070. The number of benzene rings is 3. The summed E-state index contributed by atoms with van der Waals surface area (Å²) in [7, 11) is 0. The van der Waals surface area contributed by atoms with E-state index in [9.17, 15) is 4.79 Å². The van der Waals surface area contributed by atoms with E-state index in [-0.39, 0.29) is 11.8 Å². The number of carbonyl (C=O) groups excluding carboxylic acids is 1. The molecule has 0 saturated carbocycles. The average molecular weight is 354 g/mol. The average Bonchev–Trinajstić information content (AvgIpc) is 3.13. The van der Waals surface area contributed by atoms with Gasteiger partial charge in [0.05, 0.1) is 0 Å². The van der Waals surface area contributed by atoms with Crippen molar-refractivity contribution in [3.63, 3.8) is 0 Å². The molecule has 1 amide bonds. The number of hydrogen-bond acceptors (Lipinski definition) is 1. The van der Waals surface area contributed by atoms with E-state index in [1.54, 1.807) is 0 Å². The van der Waals surface area contributed by atoms with Crippen molar-refractivity contribution in [2.24, 2.45) is 0 Å². The van der Waals surface area contributed by atoms with E-state index in [1.807, 2.05) is 61.5 Å². The number of amides is 1. The Morgan fingerprint density at radius 2 is 1.63 bits per heavy atom. The summed E-state index contributed by atoms with van der Waals surface area (Å²) in [6.07, 6.45) is 2.06. The second-order valence-electron chi connectivity index (χ2n) is 6.78. The number of para-hydroxylation sites is 1. The van der Waals surface area contributed by atoms with Crippen molar-refractivity contribution < 1.29 is 4.79 Å². The smallest absolute Gasteiger partial charge is 0.251 e. The van der Waals surface area contributed by atoms with Gasteiger partial charge in [-0.15, -0.1) is 0 Å². The van der Waals surface area contributed by atoms with Crippen LogP contribution in [-0.2, 0) is 0 Å². The van der Waals surface area contributed by atoms with Gasteiger partial charge in [-0.2, -0.15) is 0 Å². The first kappa shape index (κ1) is 17.1. The first-order chi connectivity index (χ1) is 13.2. The third-order valence-electron chi connectivity index (χ3n) is 5.06. The topological polar surface area (TPSA) is 44.9 Å². The first-order valence-electron chi connectivity index (χ1n) is 9.19. The number of carbonyl (C=O) groups is 1. The summed E-state index contributed by atoms with van der Waals surface area (Å²) >= 11 is 0. The Balaban J connectivity index is 1.65. The van der Waals surface area contributed by atoms with Gasteiger partial charge in [-0.3, -0.25) is 4.79 Å². The second-order valence-corrected chi connectivity index (χ2v) is 6.78. The van der Waals surface area contributed by atoms with Crippen molar-refractivity contribution in [1.82, 2.24) is 10.3 Å². The molecule has 0 aliphatic rings. The predicted molar refractivity (Wildman–Crippen MR) is 110 cm³/mol. The van der Waals surface area contributed by atoms with Crippen LogP contribution in [0, 0.1) is 6.92 Å². The molecule has 1 unspecified atom stereocenters. The Hall–Kier alpha value is -3.33. The van der Waals surface area contributed by atoms with Crippen LogP contribution < -0.4 is 5.32 Å². The molecule has 0 radical (unpaired) electrons. The normalized spacial score (nSPS) is 12.0. The van der Waals surface area contributed by atoms with Gasteiger partial charge >= 0.3 is 0 Å². The predicted octanol–water partition coefficient (Wildman–Crippen LogP) is 5.04. The third-order valence-corrected chi connectivity index (χ3v) is 5.06. The van der Waals surface area contributed by atoms with E-state index in [1.165, 1.54) is 16.5 Å². The van der Waals surface area contributed by atoms with Gasteiger partial charge in [0.25, 0.3) is 5.91 Å². The summed E-state index contributed by atoms with van der Waals surface area (Å²) in [5, 5.41) is 4.33.